The molecule has 0 saturated heterocycles. The minimum Gasteiger partial charge on any atom is -0.358 e. The van der Waals surface area contributed by atoms with Crippen LogP contribution in [0.15, 0.2) is 24.3 Å². The molecule has 2 rings (SSSR count). The molecular formula is C9H13Pt-3. The van der Waals surface area contributed by atoms with Crippen molar-refractivity contribution >= 4 is 0 Å². The molecule has 0 unspecified atom stereocenters. The summed E-state index contributed by atoms with van der Waals surface area (Å²) in [6.45, 7) is 0. The maximum Gasteiger partial charge on any atom is 0 e. The summed E-state index contributed by atoms with van der Waals surface area (Å²) in [6, 6.07) is 0. The van der Waals surface area contributed by atoms with E-state index in [1.165, 1.54) is 12.3 Å². The fourth-order valence-electron chi connectivity index (χ4n) is 1.16. The molecule has 0 amide bonds. The molecule has 62 valence electrons. The monoisotopic (exact) mass is 316 g/mol. The van der Waals surface area contributed by atoms with E-state index in [2.05, 4.69) is 24.3 Å². The van der Waals surface area contributed by atoms with E-state index in [1.807, 2.05) is 0 Å². The van der Waals surface area contributed by atoms with Crippen molar-refractivity contribution in [1.29, 1.82) is 0 Å². The molecule has 2 aliphatic carbocycles. The van der Waals surface area contributed by atoms with Crippen LogP contribution in [-0.2, 0) is 21.1 Å². The average molecular weight is 316 g/mol. The predicted molar refractivity (Wildman–Crippen MR) is 42.5 cm³/mol. The number of hydrogen-bond acceptors (Lipinski definition) is 0. The minimum absolute atomic E-state index is 0. The first kappa shape index (κ1) is 12.7. The quantitative estimate of drug-likeness (QED) is 0.603. The van der Waals surface area contributed by atoms with Crippen molar-refractivity contribution in [3.63, 3.8) is 0 Å². The summed E-state index contributed by atoms with van der Waals surface area (Å²) in [5.41, 5.74) is 0. The van der Waals surface area contributed by atoms with E-state index < -0.39 is 0 Å². The van der Waals surface area contributed by atoms with Crippen LogP contribution in [-0.4, -0.2) is 0 Å². The van der Waals surface area contributed by atoms with Crippen LogP contribution in [0, 0.1) is 26.7 Å². The van der Waals surface area contributed by atoms with Crippen molar-refractivity contribution in [2.45, 2.75) is 6.42 Å². The molecule has 0 aromatic carbocycles. The maximum absolute atomic E-state index is 2.26. The summed E-state index contributed by atoms with van der Waals surface area (Å²) in [4.78, 5) is 0. The van der Waals surface area contributed by atoms with Crippen molar-refractivity contribution in [3.05, 3.63) is 45.1 Å². The molecule has 0 atom stereocenters. The second-order valence-electron chi connectivity index (χ2n) is 2.16. The van der Waals surface area contributed by atoms with Crippen molar-refractivity contribution in [1.82, 2.24) is 0 Å². The van der Waals surface area contributed by atoms with E-state index in [-0.39, 0.29) is 35.9 Å². The van der Waals surface area contributed by atoms with Crippen LogP contribution in [0.25, 0.3) is 0 Å². The SMILES string of the molecule is C1=CC2C=C[C-]1C2.[CH3-].[CH3-].[Pt]. The molecular weight excluding hydrogens is 303 g/mol. The molecule has 0 fully saturated rings. The van der Waals surface area contributed by atoms with Crippen LogP contribution >= 0.6 is 0 Å². The van der Waals surface area contributed by atoms with Gasteiger partial charge in [-0.3, -0.25) is 0 Å². The summed E-state index contributed by atoms with van der Waals surface area (Å²) in [5, 5.41) is 0. The molecule has 2 aliphatic rings. The molecule has 0 heterocycles. The first-order valence-electron chi connectivity index (χ1n) is 2.67. The van der Waals surface area contributed by atoms with Gasteiger partial charge in [-0.1, -0.05) is 6.42 Å². The van der Waals surface area contributed by atoms with E-state index in [1.54, 1.807) is 0 Å². The topological polar surface area (TPSA) is 0 Å². The average Bonchev–Trinajstić information content (AvgIpc) is 2.22. The van der Waals surface area contributed by atoms with Gasteiger partial charge in [0.25, 0.3) is 0 Å². The molecule has 0 aliphatic heterocycles. The minimum atomic E-state index is 0. The summed E-state index contributed by atoms with van der Waals surface area (Å²) >= 11 is 0. The Morgan fingerprint density at radius 3 is 1.70 bits per heavy atom. The molecule has 0 nitrogen and oxygen atoms in total. The normalized spacial score (nSPS) is 17.8. The van der Waals surface area contributed by atoms with Gasteiger partial charge >= 0.3 is 0 Å². The van der Waals surface area contributed by atoms with Crippen LogP contribution in [0.1, 0.15) is 6.42 Å². The number of hydrogen-bond donors (Lipinski definition) is 0. The second-order valence-corrected chi connectivity index (χ2v) is 2.16. The summed E-state index contributed by atoms with van der Waals surface area (Å²) in [7, 11) is 0. The third-order valence-electron chi connectivity index (χ3n) is 1.59. The van der Waals surface area contributed by atoms with Gasteiger partial charge in [0.2, 0.25) is 0 Å². The molecule has 0 saturated carbocycles. The van der Waals surface area contributed by atoms with Gasteiger partial charge in [-0.15, -0.1) is 5.92 Å². The zero-order valence-electron chi connectivity index (χ0n) is 6.41. The van der Waals surface area contributed by atoms with E-state index >= 15 is 0 Å². The van der Waals surface area contributed by atoms with Gasteiger partial charge in [0, 0.05) is 21.1 Å². The number of rotatable bonds is 0. The first-order valence-corrected chi connectivity index (χ1v) is 2.67. The fourth-order valence-corrected chi connectivity index (χ4v) is 1.16. The third-order valence-corrected chi connectivity index (χ3v) is 1.59. The largest absolute Gasteiger partial charge is 0.358 e. The molecule has 0 radical (unpaired) electrons. The molecule has 2 bridgehead atoms. The Kier molecular flexibility index (Phi) is 6.08. The molecule has 0 N–H and O–H groups in total. The summed E-state index contributed by atoms with van der Waals surface area (Å²) in [5.74, 6) is 2.28. The standard InChI is InChI=1S/C7H7.2CH3.Pt/c1-2-7-4-3-6(1)5-7;;;/h1-4,6H,5H2;2*1H3;/q3*-1;. The molecule has 0 spiro atoms. The number of allylic oxidation sites excluding steroid dienone is 4. The van der Waals surface area contributed by atoms with E-state index in [0.29, 0.717) is 0 Å². The molecule has 0 aromatic heterocycles. The van der Waals surface area contributed by atoms with Gasteiger partial charge in [0.05, 0.1) is 0 Å². The second kappa shape index (κ2) is 4.79. The Morgan fingerprint density at radius 1 is 1.10 bits per heavy atom. The summed E-state index contributed by atoms with van der Waals surface area (Å²) < 4.78 is 0. The smallest absolute Gasteiger partial charge is 0 e. The van der Waals surface area contributed by atoms with Crippen LogP contribution < -0.4 is 0 Å². The van der Waals surface area contributed by atoms with Gasteiger partial charge < -0.3 is 14.9 Å². The Morgan fingerprint density at radius 2 is 1.60 bits per heavy atom. The van der Waals surface area contributed by atoms with Crippen LogP contribution in [0.2, 0.25) is 0 Å². The van der Waals surface area contributed by atoms with E-state index in [0.717, 1.165) is 5.92 Å². The molecule has 1 heteroatoms. The van der Waals surface area contributed by atoms with Crippen LogP contribution in [0.5, 0.6) is 0 Å². The Labute approximate surface area is 78.7 Å². The number of fused-ring (bicyclic) bond motifs is 2. The van der Waals surface area contributed by atoms with Crippen LogP contribution in [0.3, 0.4) is 0 Å². The summed E-state index contributed by atoms with van der Waals surface area (Å²) in [6.07, 6.45) is 10.2. The zero-order valence-corrected chi connectivity index (χ0v) is 8.68. The van der Waals surface area contributed by atoms with Gasteiger partial charge in [0.1, 0.15) is 0 Å². The molecule has 0 aromatic rings. The van der Waals surface area contributed by atoms with Crippen LogP contribution in [0.4, 0.5) is 0 Å². The van der Waals surface area contributed by atoms with E-state index in [4.69, 9.17) is 0 Å². The Hall–Kier alpha value is 0.0383. The maximum atomic E-state index is 2.26. The Bertz CT molecular complexity index is 108. The zero-order chi connectivity index (χ0) is 4.69. The van der Waals surface area contributed by atoms with Crippen molar-refractivity contribution in [3.8, 4) is 0 Å². The van der Waals surface area contributed by atoms with Gasteiger partial charge in [-0.05, 0) is 0 Å². The van der Waals surface area contributed by atoms with Crippen molar-refractivity contribution in [2.75, 3.05) is 0 Å². The van der Waals surface area contributed by atoms with Crippen molar-refractivity contribution < 1.29 is 21.1 Å². The Balaban J connectivity index is 0. The fraction of sp³-hybridized carbons (Fsp3) is 0.222. The predicted octanol–water partition coefficient (Wildman–Crippen LogP) is 2.60. The third kappa shape index (κ3) is 2.02. The van der Waals surface area contributed by atoms with E-state index in [9.17, 15) is 0 Å². The van der Waals surface area contributed by atoms with Gasteiger partial charge in [-0.25, -0.2) is 0 Å². The van der Waals surface area contributed by atoms with Crippen molar-refractivity contribution in [2.24, 2.45) is 5.92 Å². The molecule has 10 heavy (non-hydrogen) atoms. The van der Waals surface area contributed by atoms with Gasteiger partial charge in [-0.2, -0.15) is 30.2 Å². The van der Waals surface area contributed by atoms with Gasteiger partial charge in [0.15, 0.2) is 0 Å². The first-order chi connectivity index (χ1) is 3.45.